The van der Waals surface area contributed by atoms with Crippen molar-refractivity contribution in [2.75, 3.05) is 10.6 Å². The van der Waals surface area contributed by atoms with Gasteiger partial charge in [0, 0.05) is 18.4 Å². The number of rotatable bonds is 5. The number of benzene rings is 2. The van der Waals surface area contributed by atoms with Gasteiger partial charge in [-0.25, -0.2) is 0 Å². The summed E-state index contributed by atoms with van der Waals surface area (Å²) in [7, 11) is 0. The van der Waals surface area contributed by atoms with Crippen molar-refractivity contribution in [3.8, 4) is 0 Å². The molecule has 0 saturated heterocycles. The maximum absolute atomic E-state index is 13.1. The van der Waals surface area contributed by atoms with E-state index in [4.69, 9.17) is 0 Å². The molecule has 28 heavy (non-hydrogen) atoms. The topological polar surface area (TPSA) is 54.0 Å². The fourth-order valence-corrected chi connectivity index (χ4v) is 2.70. The van der Waals surface area contributed by atoms with Crippen LogP contribution in [-0.2, 0) is 12.7 Å². The average Bonchev–Trinajstić information content (AvgIpc) is 2.67. The third-order valence-corrected chi connectivity index (χ3v) is 4.22. The van der Waals surface area contributed by atoms with Gasteiger partial charge >= 0.3 is 6.18 Å². The number of amides is 1. The van der Waals surface area contributed by atoms with Crippen molar-refractivity contribution in [1.29, 1.82) is 0 Å². The predicted octanol–water partition coefficient (Wildman–Crippen LogP) is 5.27. The van der Waals surface area contributed by atoms with Gasteiger partial charge in [-0.05, 0) is 42.3 Å². The predicted molar refractivity (Wildman–Crippen MR) is 102 cm³/mol. The lowest BCUT2D eigenvalue weighted by atomic mass is 10.1. The van der Waals surface area contributed by atoms with Crippen molar-refractivity contribution in [2.45, 2.75) is 19.6 Å². The number of nitrogens with one attached hydrogen (secondary N) is 2. The van der Waals surface area contributed by atoms with Gasteiger partial charge in [0.25, 0.3) is 5.91 Å². The van der Waals surface area contributed by atoms with Crippen LogP contribution in [0.25, 0.3) is 0 Å². The number of para-hydroxylation sites is 1. The number of aromatic nitrogens is 1. The number of pyridine rings is 1. The molecule has 1 heterocycles. The van der Waals surface area contributed by atoms with Gasteiger partial charge in [0.05, 0.1) is 11.3 Å². The van der Waals surface area contributed by atoms with Crippen LogP contribution in [-0.4, -0.2) is 10.9 Å². The highest BCUT2D eigenvalue weighted by Crippen LogP contribution is 2.34. The summed E-state index contributed by atoms with van der Waals surface area (Å²) in [4.78, 5) is 16.4. The number of hydrogen-bond acceptors (Lipinski definition) is 3. The summed E-state index contributed by atoms with van der Waals surface area (Å²) >= 11 is 0. The second-order valence-corrected chi connectivity index (χ2v) is 6.21. The Morgan fingerprint density at radius 1 is 1.04 bits per heavy atom. The molecule has 0 aliphatic carbocycles. The fourth-order valence-electron chi connectivity index (χ4n) is 2.70. The molecule has 0 bridgehead atoms. The number of anilines is 2. The van der Waals surface area contributed by atoms with Crippen LogP contribution < -0.4 is 10.6 Å². The molecule has 1 aromatic heterocycles. The molecule has 3 aromatic rings. The van der Waals surface area contributed by atoms with Crippen LogP contribution in [0.4, 0.5) is 24.5 Å². The van der Waals surface area contributed by atoms with Gasteiger partial charge in [-0.15, -0.1) is 0 Å². The third-order valence-electron chi connectivity index (χ3n) is 4.22. The Morgan fingerprint density at radius 2 is 1.75 bits per heavy atom. The summed E-state index contributed by atoms with van der Waals surface area (Å²) in [6.45, 7) is 2.55. The van der Waals surface area contributed by atoms with Crippen molar-refractivity contribution < 1.29 is 18.0 Å². The van der Waals surface area contributed by atoms with Gasteiger partial charge in [-0.2, -0.15) is 13.2 Å². The third kappa shape index (κ3) is 4.68. The van der Waals surface area contributed by atoms with Crippen molar-refractivity contribution >= 4 is 17.3 Å². The first-order valence-corrected chi connectivity index (χ1v) is 8.56. The Bertz CT molecular complexity index is 986. The first-order valence-electron chi connectivity index (χ1n) is 8.56. The molecule has 2 N–H and O–H groups in total. The molecule has 3 rings (SSSR count). The second kappa shape index (κ2) is 8.12. The van der Waals surface area contributed by atoms with E-state index in [1.54, 1.807) is 6.07 Å². The molecule has 144 valence electrons. The quantitative estimate of drug-likeness (QED) is 0.629. The van der Waals surface area contributed by atoms with Crippen LogP contribution in [0.15, 0.2) is 66.9 Å². The molecule has 0 aliphatic heterocycles. The highest BCUT2D eigenvalue weighted by atomic mass is 19.4. The monoisotopic (exact) mass is 385 g/mol. The van der Waals surface area contributed by atoms with Gasteiger partial charge in [0.15, 0.2) is 0 Å². The number of nitrogens with zero attached hydrogens (tertiary/aromatic N) is 1. The standard InChI is InChI=1S/C21H18F3N3O/c1-14-6-2-3-7-15(14)13-26-16-10-11-25-19(12-16)20(28)27-18-9-5-4-8-17(18)21(22,23)24/h2-12H,13H2,1H3,(H,25,26)(H,27,28). The zero-order valence-corrected chi connectivity index (χ0v) is 15.0. The van der Waals surface area contributed by atoms with E-state index in [1.807, 2.05) is 31.2 Å². The smallest absolute Gasteiger partial charge is 0.381 e. The lowest BCUT2D eigenvalue weighted by Gasteiger charge is -2.14. The van der Waals surface area contributed by atoms with Gasteiger partial charge in [0.1, 0.15) is 5.69 Å². The summed E-state index contributed by atoms with van der Waals surface area (Å²) in [5.41, 5.74) is 1.69. The summed E-state index contributed by atoms with van der Waals surface area (Å²) in [5, 5.41) is 5.49. The van der Waals surface area contributed by atoms with Crippen LogP contribution in [0, 0.1) is 6.92 Å². The number of aryl methyl sites for hydroxylation is 1. The Balaban J connectivity index is 1.74. The van der Waals surface area contributed by atoms with Gasteiger partial charge in [-0.3, -0.25) is 9.78 Å². The fraction of sp³-hybridized carbons (Fsp3) is 0.143. The van der Waals surface area contributed by atoms with Crippen molar-refractivity contribution in [2.24, 2.45) is 0 Å². The van der Waals surface area contributed by atoms with Gasteiger partial charge in [0.2, 0.25) is 0 Å². The number of carbonyl (C=O) groups is 1. The summed E-state index contributed by atoms with van der Waals surface area (Å²) in [5.74, 6) is -0.712. The Morgan fingerprint density at radius 3 is 2.50 bits per heavy atom. The number of alkyl halides is 3. The van der Waals surface area contributed by atoms with E-state index in [0.29, 0.717) is 12.2 Å². The molecule has 0 aliphatic rings. The zero-order chi connectivity index (χ0) is 20.1. The molecule has 0 unspecified atom stereocenters. The molecular formula is C21H18F3N3O. The number of halogens is 3. The van der Waals surface area contributed by atoms with Crippen LogP contribution in [0.2, 0.25) is 0 Å². The van der Waals surface area contributed by atoms with Crippen LogP contribution in [0.1, 0.15) is 27.2 Å². The van der Waals surface area contributed by atoms with Crippen LogP contribution in [0.3, 0.4) is 0 Å². The lowest BCUT2D eigenvalue weighted by molar-refractivity contribution is -0.136. The molecule has 1 amide bonds. The van der Waals surface area contributed by atoms with Crippen molar-refractivity contribution in [3.05, 3.63) is 89.2 Å². The van der Waals surface area contributed by atoms with E-state index in [2.05, 4.69) is 15.6 Å². The highest BCUT2D eigenvalue weighted by Gasteiger charge is 2.33. The van der Waals surface area contributed by atoms with E-state index in [1.165, 1.54) is 30.5 Å². The van der Waals surface area contributed by atoms with E-state index in [-0.39, 0.29) is 11.4 Å². The SMILES string of the molecule is Cc1ccccc1CNc1ccnc(C(=O)Nc2ccccc2C(F)(F)F)c1. The van der Waals surface area contributed by atoms with Crippen LogP contribution >= 0.6 is 0 Å². The van der Waals surface area contributed by atoms with Crippen LogP contribution in [0.5, 0.6) is 0 Å². The van der Waals surface area contributed by atoms with Gasteiger partial charge in [-0.1, -0.05) is 36.4 Å². The second-order valence-electron chi connectivity index (χ2n) is 6.21. The van der Waals surface area contributed by atoms with Crippen molar-refractivity contribution in [3.63, 3.8) is 0 Å². The average molecular weight is 385 g/mol. The summed E-state index contributed by atoms with van der Waals surface area (Å²) < 4.78 is 39.2. The van der Waals surface area contributed by atoms with Gasteiger partial charge < -0.3 is 10.6 Å². The van der Waals surface area contributed by atoms with Crippen molar-refractivity contribution in [1.82, 2.24) is 4.98 Å². The molecule has 0 fully saturated rings. The summed E-state index contributed by atoms with van der Waals surface area (Å²) in [6, 6.07) is 15.9. The highest BCUT2D eigenvalue weighted by molar-refractivity contribution is 6.03. The molecule has 0 atom stereocenters. The first-order chi connectivity index (χ1) is 13.3. The van der Waals surface area contributed by atoms with E-state index < -0.39 is 17.6 Å². The maximum Gasteiger partial charge on any atom is 0.418 e. The Hall–Kier alpha value is -3.35. The van der Waals surface area contributed by atoms with E-state index >= 15 is 0 Å². The Labute approximate surface area is 160 Å². The lowest BCUT2D eigenvalue weighted by Crippen LogP contribution is -2.17. The molecule has 0 radical (unpaired) electrons. The van der Waals surface area contributed by atoms with E-state index in [9.17, 15) is 18.0 Å². The first kappa shape index (κ1) is 19.4. The molecule has 2 aromatic carbocycles. The van der Waals surface area contributed by atoms with E-state index in [0.717, 1.165) is 17.2 Å². The molecule has 7 heteroatoms. The molecule has 4 nitrogen and oxygen atoms in total. The zero-order valence-electron chi connectivity index (χ0n) is 15.0. The minimum absolute atomic E-state index is 0.0201. The minimum atomic E-state index is -4.56. The normalized spacial score (nSPS) is 11.1. The minimum Gasteiger partial charge on any atom is -0.381 e. The molecule has 0 saturated carbocycles. The molecule has 0 spiro atoms. The number of carbonyl (C=O) groups excluding carboxylic acids is 1. The maximum atomic E-state index is 13.1. The Kier molecular flexibility index (Phi) is 5.63. The largest absolute Gasteiger partial charge is 0.418 e. The summed E-state index contributed by atoms with van der Waals surface area (Å²) in [6.07, 6.45) is -3.13. The molecular weight excluding hydrogens is 367 g/mol. The number of hydrogen-bond donors (Lipinski definition) is 2.